The predicted octanol–water partition coefficient (Wildman–Crippen LogP) is 4.56. The van der Waals surface area contributed by atoms with E-state index in [0.717, 1.165) is 12.1 Å². The van der Waals surface area contributed by atoms with Gasteiger partial charge in [0.2, 0.25) is 0 Å². The van der Waals surface area contributed by atoms with Crippen molar-refractivity contribution in [3.05, 3.63) is 83.7 Å². The maximum absolute atomic E-state index is 12.9. The lowest BCUT2D eigenvalue weighted by molar-refractivity contribution is -0.137. The second-order valence-corrected chi connectivity index (χ2v) is 6.73. The summed E-state index contributed by atoms with van der Waals surface area (Å²) in [4.78, 5) is 18.5. The van der Waals surface area contributed by atoms with Crippen LogP contribution in [0.5, 0.6) is 0 Å². The second kappa shape index (κ2) is 7.57. The van der Waals surface area contributed by atoms with Gasteiger partial charge >= 0.3 is 6.18 Å². The second-order valence-electron chi connectivity index (χ2n) is 6.73. The number of nitriles is 1. The molecule has 31 heavy (non-hydrogen) atoms. The van der Waals surface area contributed by atoms with Crippen LogP contribution in [0.3, 0.4) is 0 Å². The zero-order chi connectivity index (χ0) is 22.2. The first-order valence-electron chi connectivity index (χ1n) is 9.08. The highest BCUT2D eigenvalue weighted by molar-refractivity contribution is 6.04. The molecular formula is C22H14F3N5O. The lowest BCUT2D eigenvalue weighted by atomic mass is 10.1. The number of nitrogens with zero attached hydrogens (tertiary/aromatic N) is 5. The minimum absolute atomic E-state index is 0.130. The molecule has 1 amide bonds. The summed E-state index contributed by atoms with van der Waals surface area (Å²) in [5, 5.41) is 13.3. The zero-order valence-electron chi connectivity index (χ0n) is 16.1. The van der Waals surface area contributed by atoms with E-state index in [1.54, 1.807) is 37.4 Å². The van der Waals surface area contributed by atoms with Crippen LogP contribution in [0.2, 0.25) is 0 Å². The Morgan fingerprint density at radius 3 is 2.32 bits per heavy atom. The van der Waals surface area contributed by atoms with E-state index >= 15 is 0 Å². The van der Waals surface area contributed by atoms with Gasteiger partial charge in [0.25, 0.3) is 5.91 Å². The van der Waals surface area contributed by atoms with Gasteiger partial charge in [-0.15, -0.1) is 0 Å². The first-order valence-corrected chi connectivity index (χ1v) is 9.08. The highest BCUT2D eigenvalue weighted by Gasteiger charge is 2.30. The highest BCUT2D eigenvalue weighted by atomic mass is 19.4. The molecule has 0 saturated carbocycles. The third kappa shape index (κ3) is 3.83. The monoisotopic (exact) mass is 421 g/mol. The van der Waals surface area contributed by atoms with Gasteiger partial charge in [0.15, 0.2) is 5.65 Å². The van der Waals surface area contributed by atoms with Gasteiger partial charge in [0.1, 0.15) is 5.69 Å². The number of carbonyl (C=O) groups is 1. The van der Waals surface area contributed by atoms with E-state index in [1.165, 1.54) is 33.8 Å². The molecule has 0 aliphatic heterocycles. The number of aromatic nitrogens is 3. The van der Waals surface area contributed by atoms with Gasteiger partial charge in [-0.2, -0.15) is 23.5 Å². The Balaban J connectivity index is 1.67. The molecule has 0 aliphatic rings. The number of halogens is 3. The number of anilines is 1. The van der Waals surface area contributed by atoms with Gasteiger partial charge in [-0.25, -0.2) is 9.50 Å². The summed E-state index contributed by atoms with van der Waals surface area (Å²) in [5.41, 5.74) is 1.83. The topological polar surface area (TPSA) is 74.3 Å². The molecule has 2 heterocycles. The lowest BCUT2D eigenvalue weighted by Gasteiger charge is -2.17. The molecule has 0 spiro atoms. The number of fused-ring (bicyclic) bond motifs is 1. The lowest BCUT2D eigenvalue weighted by Crippen LogP contribution is -2.27. The molecule has 4 rings (SSSR count). The highest BCUT2D eigenvalue weighted by Crippen LogP contribution is 2.31. The Labute approximate surface area is 174 Å². The third-order valence-electron chi connectivity index (χ3n) is 4.78. The standard InChI is InChI=1S/C22H14F3N5O/c1-29(17-8-2-14(12-26)3-9-17)21(31)18-10-11-20-27-13-19(30(20)28-18)15-4-6-16(7-5-15)22(23,24)25/h2-11,13H,1H3. The molecule has 2 aromatic carbocycles. The van der Waals surface area contributed by atoms with Gasteiger partial charge < -0.3 is 4.90 Å². The maximum atomic E-state index is 12.9. The van der Waals surface area contributed by atoms with E-state index in [2.05, 4.69) is 10.1 Å². The van der Waals surface area contributed by atoms with Gasteiger partial charge in [-0.05, 0) is 48.5 Å². The molecule has 0 N–H and O–H groups in total. The van der Waals surface area contributed by atoms with Crippen LogP contribution in [0.1, 0.15) is 21.6 Å². The van der Waals surface area contributed by atoms with Crippen LogP contribution < -0.4 is 4.90 Å². The molecule has 9 heteroatoms. The van der Waals surface area contributed by atoms with E-state index in [1.807, 2.05) is 6.07 Å². The van der Waals surface area contributed by atoms with Crippen molar-refractivity contribution in [2.24, 2.45) is 0 Å². The van der Waals surface area contributed by atoms with Crippen LogP contribution in [0.15, 0.2) is 66.9 Å². The minimum atomic E-state index is -4.42. The minimum Gasteiger partial charge on any atom is -0.310 e. The van der Waals surface area contributed by atoms with Crippen LogP contribution in [0.25, 0.3) is 16.9 Å². The number of amides is 1. The summed E-state index contributed by atoms with van der Waals surface area (Å²) in [5.74, 6) is -0.390. The van der Waals surface area contributed by atoms with Crippen LogP contribution in [0.4, 0.5) is 18.9 Å². The SMILES string of the molecule is CN(C(=O)c1ccc2ncc(-c3ccc(C(F)(F)F)cc3)n2n1)c1ccc(C#N)cc1. The van der Waals surface area contributed by atoms with Crippen molar-refractivity contribution in [3.8, 4) is 17.3 Å². The summed E-state index contributed by atoms with van der Waals surface area (Å²) in [6.45, 7) is 0. The number of benzene rings is 2. The molecule has 6 nitrogen and oxygen atoms in total. The fourth-order valence-corrected chi connectivity index (χ4v) is 3.06. The Bertz CT molecular complexity index is 1300. The molecule has 4 aromatic rings. The number of rotatable bonds is 3. The average Bonchev–Trinajstić information content (AvgIpc) is 3.21. The summed E-state index contributed by atoms with van der Waals surface area (Å²) < 4.78 is 39.9. The van der Waals surface area contributed by atoms with E-state index in [4.69, 9.17) is 5.26 Å². The van der Waals surface area contributed by atoms with Crippen molar-refractivity contribution >= 4 is 17.2 Å². The first kappa shape index (κ1) is 20.1. The van der Waals surface area contributed by atoms with Crippen LogP contribution in [0, 0.1) is 11.3 Å². The van der Waals surface area contributed by atoms with Crippen LogP contribution in [-0.2, 0) is 6.18 Å². The zero-order valence-corrected chi connectivity index (χ0v) is 16.1. The Kier molecular flexibility index (Phi) is 4.91. The Hall–Kier alpha value is -4.19. The molecule has 0 fully saturated rings. The van der Waals surface area contributed by atoms with Crippen LogP contribution >= 0.6 is 0 Å². The summed E-state index contributed by atoms with van der Waals surface area (Å²) in [6, 6.07) is 16.3. The van der Waals surface area contributed by atoms with E-state index in [0.29, 0.717) is 28.2 Å². The average molecular weight is 421 g/mol. The molecule has 0 aliphatic carbocycles. The third-order valence-corrected chi connectivity index (χ3v) is 4.78. The van der Waals surface area contributed by atoms with Gasteiger partial charge in [-0.3, -0.25) is 4.79 Å². The Morgan fingerprint density at radius 1 is 1.03 bits per heavy atom. The van der Waals surface area contributed by atoms with E-state index < -0.39 is 17.6 Å². The van der Waals surface area contributed by atoms with Gasteiger partial charge in [0.05, 0.1) is 29.1 Å². The van der Waals surface area contributed by atoms with Gasteiger partial charge in [-0.1, -0.05) is 12.1 Å². The molecular weight excluding hydrogens is 407 g/mol. The number of hydrogen-bond acceptors (Lipinski definition) is 4. The maximum Gasteiger partial charge on any atom is 0.416 e. The van der Waals surface area contributed by atoms with Crippen molar-refractivity contribution in [3.63, 3.8) is 0 Å². The molecule has 0 atom stereocenters. The Morgan fingerprint density at radius 2 is 1.71 bits per heavy atom. The molecule has 154 valence electrons. The number of hydrogen-bond donors (Lipinski definition) is 0. The predicted molar refractivity (Wildman–Crippen MR) is 107 cm³/mol. The summed E-state index contributed by atoms with van der Waals surface area (Å²) >= 11 is 0. The van der Waals surface area contributed by atoms with Crippen molar-refractivity contribution in [1.29, 1.82) is 5.26 Å². The van der Waals surface area contributed by atoms with E-state index in [9.17, 15) is 18.0 Å². The van der Waals surface area contributed by atoms with Gasteiger partial charge in [0, 0.05) is 18.3 Å². The fourth-order valence-electron chi connectivity index (χ4n) is 3.06. The number of carbonyl (C=O) groups excluding carboxylic acids is 1. The molecule has 0 radical (unpaired) electrons. The number of alkyl halides is 3. The largest absolute Gasteiger partial charge is 0.416 e. The van der Waals surface area contributed by atoms with E-state index in [-0.39, 0.29) is 5.69 Å². The molecule has 0 unspecified atom stereocenters. The van der Waals surface area contributed by atoms with Crippen molar-refractivity contribution in [1.82, 2.24) is 14.6 Å². The van der Waals surface area contributed by atoms with Crippen molar-refractivity contribution in [2.45, 2.75) is 6.18 Å². The number of imidazole rings is 1. The molecule has 0 bridgehead atoms. The molecule has 2 aromatic heterocycles. The smallest absolute Gasteiger partial charge is 0.310 e. The quantitative estimate of drug-likeness (QED) is 0.486. The first-order chi connectivity index (χ1) is 14.8. The van der Waals surface area contributed by atoms with Crippen molar-refractivity contribution in [2.75, 3.05) is 11.9 Å². The molecule has 0 saturated heterocycles. The van der Waals surface area contributed by atoms with Crippen molar-refractivity contribution < 1.29 is 18.0 Å². The fraction of sp³-hybridized carbons (Fsp3) is 0.0909. The normalized spacial score (nSPS) is 11.3. The summed E-state index contributed by atoms with van der Waals surface area (Å²) in [7, 11) is 1.58. The summed E-state index contributed by atoms with van der Waals surface area (Å²) in [6.07, 6.45) is -2.94. The van der Waals surface area contributed by atoms with Crippen LogP contribution in [-0.4, -0.2) is 27.6 Å².